The minimum Gasteiger partial charge on any atom is -0.384 e. The second-order valence-electron chi connectivity index (χ2n) is 4.33. The molecule has 21 heavy (non-hydrogen) atoms. The molecule has 2 aromatic carbocycles. The Hall–Kier alpha value is -1.05. The standard InChI is InChI=1S/C14H11Cl2IN2O2/c15-10-2-1-9(12(16)7-10)5-6-18-14-4-3-11(19(20)21)8-13(14)17/h1-4,7-8,18H,5-6H2. The molecule has 0 unspecified atom stereocenters. The average molecular weight is 437 g/mol. The Morgan fingerprint density at radius 1 is 1.19 bits per heavy atom. The Morgan fingerprint density at radius 3 is 2.57 bits per heavy atom. The van der Waals surface area contributed by atoms with Crippen molar-refractivity contribution in [1.29, 1.82) is 0 Å². The molecule has 0 aromatic heterocycles. The van der Waals surface area contributed by atoms with Gasteiger partial charge in [0.2, 0.25) is 0 Å². The maximum absolute atomic E-state index is 10.7. The van der Waals surface area contributed by atoms with Gasteiger partial charge < -0.3 is 5.32 Å². The number of nitrogens with one attached hydrogen (secondary N) is 1. The van der Waals surface area contributed by atoms with Gasteiger partial charge in [-0.3, -0.25) is 10.1 Å². The van der Waals surface area contributed by atoms with Crippen LogP contribution in [0.4, 0.5) is 11.4 Å². The third-order valence-electron chi connectivity index (χ3n) is 2.89. The maximum Gasteiger partial charge on any atom is 0.270 e. The predicted molar refractivity (Wildman–Crippen MR) is 94.5 cm³/mol. The fourth-order valence-electron chi connectivity index (χ4n) is 1.82. The summed E-state index contributed by atoms with van der Waals surface area (Å²) in [5.41, 5.74) is 1.96. The molecule has 0 aliphatic rings. The number of hydrogen-bond acceptors (Lipinski definition) is 3. The molecule has 0 spiro atoms. The van der Waals surface area contributed by atoms with Crippen molar-refractivity contribution in [2.45, 2.75) is 6.42 Å². The zero-order valence-electron chi connectivity index (χ0n) is 10.8. The first kappa shape index (κ1) is 16.3. The van der Waals surface area contributed by atoms with E-state index in [1.165, 1.54) is 12.1 Å². The quantitative estimate of drug-likeness (QED) is 0.400. The lowest BCUT2D eigenvalue weighted by Gasteiger charge is -2.09. The fourth-order valence-corrected chi connectivity index (χ4v) is 3.01. The first-order valence-corrected chi connectivity index (χ1v) is 7.92. The van der Waals surface area contributed by atoms with Gasteiger partial charge in [-0.1, -0.05) is 29.3 Å². The molecule has 0 radical (unpaired) electrons. The van der Waals surface area contributed by atoms with E-state index in [9.17, 15) is 10.1 Å². The van der Waals surface area contributed by atoms with E-state index >= 15 is 0 Å². The number of non-ortho nitro benzene ring substituents is 1. The summed E-state index contributed by atoms with van der Waals surface area (Å²) in [6.45, 7) is 0.676. The van der Waals surface area contributed by atoms with E-state index in [-0.39, 0.29) is 5.69 Å². The van der Waals surface area contributed by atoms with Crippen LogP contribution in [-0.2, 0) is 6.42 Å². The Balaban J connectivity index is 1.99. The number of anilines is 1. The molecule has 1 N–H and O–H groups in total. The molecule has 110 valence electrons. The number of halogens is 3. The zero-order valence-corrected chi connectivity index (χ0v) is 14.4. The summed E-state index contributed by atoms with van der Waals surface area (Å²) in [4.78, 5) is 10.3. The number of rotatable bonds is 5. The van der Waals surface area contributed by atoms with Crippen LogP contribution in [0.1, 0.15) is 5.56 Å². The predicted octanol–water partition coefficient (Wildman–Crippen LogP) is 5.16. The number of nitrogens with zero attached hydrogens (tertiary/aromatic N) is 1. The Labute approximate surface area is 145 Å². The van der Waals surface area contributed by atoms with Gasteiger partial charge in [-0.25, -0.2) is 0 Å². The molecule has 4 nitrogen and oxygen atoms in total. The second-order valence-corrected chi connectivity index (χ2v) is 6.34. The van der Waals surface area contributed by atoms with Crippen molar-refractivity contribution in [2.24, 2.45) is 0 Å². The highest BCUT2D eigenvalue weighted by atomic mass is 127. The van der Waals surface area contributed by atoms with Crippen LogP contribution in [-0.4, -0.2) is 11.5 Å². The molecule has 2 rings (SSSR count). The highest BCUT2D eigenvalue weighted by Gasteiger charge is 2.09. The zero-order chi connectivity index (χ0) is 15.4. The first-order valence-electron chi connectivity index (χ1n) is 6.09. The van der Waals surface area contributed by atoms with E-state index in [4.69, 9.17) is 23.2 Å². The van der Waals surface area contributed by atoms with Crippen LogP contribution >= 0.6 is 45.8 Å². The average Bonchev–Trinajstić information content (AvgIpc) is 2.42. The van der Waals surface area contributed by atoms with Gasteiger partial charge in [0.1, 0.15) is 0 Å². The molecule has 0 atom stereocenters. The van der Waals surface area contributed by atoms with Crippen molar-refractivity contribution in [2.75, 3.05) is 11.9 Å². The molecule has 0 saturated carbocycles. The highest BCUT2D eigenvalue weighted by molar-refractivity contribution is 14.1. The minimum absolute atomic E-state index is 0.0886. The van der Waals surface area contributed by atoms with E-state index in [1.54, 1.807) is 18.2 Å². The summed E-state index contributed by atoms with van der Waals surface area (Å²) >= 11 is 14.0. The van der Waals surface area contributed by atoms with Crippen molar-refractivity contribution < 1.29 is 4.92 Å². The number of nitro benzene ring substituents is 1. The van der Waals surface area contributed by atoms with Crippen molar-refractivity contribution in [3.63, 3.8) is 0 Å². The monoisotopic (exact) mass is 436 g/mol. The van der Waals surface area contributed by atoms with Crippen LogP contribution in [0.25, 0.3) is 0 Å². The molecular formula is C14H11Cl2IN2O2. The Morgan fingerprint density at radius 2 is 1.95 bits per heavy atom. The summed E-state index contributed by atoms with van der Waals surface area (Å²) in [7, 11) is 0. The van der Waals surface area contributed by atoms with Gasteiger partial charge in [-0.05, 0) is 52.8 Å². The maximum atomic E-state index is 10.7. The molecule has 0 heterocycles. The van der Waals surface area contributed by atoms with E-state index in [0.717, 1.165) is 21.2 Å². The lowest BCUT2D eigenvalue weighted by Crippen LogP contribution is -2.06. The van der Waals surface area contributed by atoms with Gasteiger partial charge in [0.05, 0.1) is 4.92 Å². The van der Waals surface area contributed by atoms with Gasteiger partial charge >= 0.3 is 0 Å². The van der Waals surface area contributed by atoms with E-state index in [2.05, 4.69) is 27.9 Å². The molecule has 0 amide bonds. The minimum atomic E-state index is -0.403. The third kappa shape index (κ3) is 4.46. The van der Waals surface area contributed by atoms with Gasteiger partial charge in [-0.2, -0.15) is 0 Å². The van der Waals surface area contributed by atoms with Crippen molar-refractivity contribution in [3.8, 4) is 0 Å². The molecule has 0 fully saturated rings. The van der Waals surface area contributed by atoms with Crippen LogP contribution in [0.2, 0.25) is 10.0 Å². The lowest BCUT2D eigenvalue weighted by molar-refractivity contribution is -0.384. The smallest absolute Gasteiger partial charge is 0.270 e. The molecule has 0 aliphatic carbocycles. The van der Waals surface area contributed by atoms with E-state index < -0.39 is 4.92 Å². The molecule has 7 heteroatoms. The van der Waals surface area contributed by atoms with E-state index in [0.29, 0.717) is 16.6 Å². The van der Waals surface area contributed by atoms with Gasteiger partial charge in [0.15, 0.2) is 0 Å². The Bertz CT molecular complexity index is 680. The van der Waals surface area contributed by atoms with Crippen LogP contribution in [0.5, 0.6) is 0 Å². The number of nitro groups is 1. The number of hydrogen-bond donors (Lipinski definition) is 1. The van der Waals surface area contributed by atoms with E-state index in [1.807, 2.05) is 6.07 Å². The molecular weight excluding hydrogens is 426 g/mol. The normalized spacial score (nSPS) is 10.4. The Kier molecular flexibility index (Phi) is 5.66. The van der Waals surface area contributed by atoms with Crippen molar-refractivity contribution in [3.05, 3.63) is 65.7 Å². The van der Waals surface area contributed by atoms with Gasteiger partial charge in [-0.15, -0.1) is 0 Å². The van der Waals surface area contributed by atoms with Crippen LogP contribution in [0, 0.1) is 13.7 Å². The molecule has 0 saturated heterocycles. The third-order valence-corrected chi connectivity index (χ3v) is 4.37. The summed E-state index contributed by atoms with van der Waals surface area (Å²) in [6, 6.07) is 10.2. The summed E-state index contributed by atoms with van der Waals surface area (Å²) in [6.07, 6.45) is 0.739. The molecule has 2 aromatic rings. The molecule has 0 aliphatic heterocycles. The highest BCUT2D eigenvalue weighted by Crippen LogP contribution is 2.24. The summed E-state index contributed by atoms with van der Waals surface area (Å²) in [5, 5.41) is 15.2. The van der Waals surface area contributed by atoms with Gasteiger partial charge in [0, 0.05) is 38.0 Å². The molecule has 0 bridgehead atoms. The SMILES string of the molecule is O=[N+]([O-])c1ccc(NCCc2ccc(Cl)cc2Cl)c(I)c1. The van der Waals surface area contributed by atoms with Crippen molar-refractivity contribution in [1.82, 2.24) is 0 Å². The number of benzene rings is 2. The summed E-state index contributed by atoms with van der Waals surface area (Å²) in [5.74, 6) is 0. The second kappa shape index (κ2) is 7.29. The van der Waals surface area contributed by atoms with Gasteiger partial charge in [0.25, 0.3) is 5.69 Å². The van der Waals surface area contributed by atoms with Crippen LogP contribution in [0.3, 0.4) is 0 Å². The fraction of sp³-hybridized carbons (Fsp3) is 0.143. The van der Waals surface area contributed by atoms with Crippen LogP contribution in [0.15, 0.2) is 36.4 Å². The van der Waals surface area contributed by atoms with Crippen LogP contribution < -0.4 is 5.32 Å². The largest absolute Gasteiger partial charge is 0.384 e. The van der Waals surface area contributed by atoms with Crippen molar-refractivity contribution >= 4 is 57.2 Å². The lowest BCUT2D eigenvalue weighted by atomic mass is 10.1. The first-order chi connectivity index (χ1) is 9.97. The summed E-state index contributed by atoms with van der Waals surface area (Å²) < 4.78 is 0.809. The topological polar surface area (TPSA) is 55.2 Å².